The molecule has 1 aromatic rings. The normalized spacial score (nSPS) is 24.5. The van der Waals surface area contributed by atoms with Crippen molar-refractivity contribution in [2.24, 2.45) is 5.92 Å². The molecule has 0 aromatic heterocycles. The van der Waals surface area contributed by atoms with Gasteiger partial charge in [0.1, 0.15) is 0 Å². The fraction of sp³-hybridized carbons (Fsp3) is 0.647. The summed E-state index contributed by atoms with van der Waals surface area (Å²) in [6, 6.07) is 7.17. The highest BCUT2D eigenvalue weighted by Gasteiger charge is 2.24. The Kier molecular flexibility index (Phi) is 4.21. The molecule has 1 heteroatoms. The van der Waals surface area contributed by atoms with Gasteiger partial charge in [-0.1, -0.05) is 61.8 Å². The van der Waals surface area contributed by atoms with Crippen LogP contribution in [0.3, 0.4) is 0 Å². The molecular weight excluding hydrogens is 284 g/mol. The molecular formula is C17H25Br. The van der Waals surface area contributed by atoms with E-state index in [-0.39, 0.29) is 0 Å². The van der Waals surface area contributed by atoms with Crippen molar-refractivity contribution in [3.63, 3.8) is 0 Å². The fourth-order valence-corrected chi connectivity index (χ4v) is 3.80. The third kappa shape index (κ3) is 2.82. The van der Waals surface area contributed by atoms with E-state index in [4.69, 9.17) is 0 Å². The van der Waals surface area contributed by atoms with E-state index in [0.717, 1.165) is 5.92 Å². The summed E-state index contributed by atoms with van der Waals surface area (Å²) in [4.78, 5) is 0.539. The summed E-state index contributed by atoms with van der Waals surface area (Å²) in [5.41, 5.74) is 4.87. The molecule has 1 aliphatic carbocycles. The predicted octanol–water partition coefficient (Wildman–Crippen LogP) is 5.78. The minimum absolute atomic E-state index is 0.291. The van der Waals surface area contributed by atoms with Gasteiger partial charge in [-0.25, -0.2) is 0 Å². The van der Waals surface area contributed by atoms with Crippen molar-refractivity contribution in [1.29, 1.82) is 0 Å². The van der Waals surface area contributed by atoms with Gasteiger partial charge in [-0.3, -0.25) is 0 Å². The van der Waals surface area contributed by atoms with E-state index in [0.29, 0.717) is 10.2 Å². The standard InChI is InChI=1S/C17H25Br/c1-5-17(3,4)14-9-8-13-7-6-12(2)10-16(18)15(13)11-14/h8-9,11-12,16H,5-7,10H2,1-4H3. The zero-order valence-electron chi connectivity index (χ0n) is 12.1. The van der Waals surface area contributed by atoms with Gasteiger partial charge < -0.3 is 0 Å². The van der Waals surface area contributed by atoms with Gasteiger partial charge in [-0.15, -0.1) is 0 Å². The van der Waals surface area contributed by atoms with Crippen LogP contribution in [0.2, 0.25) is 0 Å². The average Bonchev–Trinajstić information content (AvgIpc) is 2.48. The molecule has 1 aliphatic rings. The highest BCUT2D eigenvalue weighted by atomic mass is 79.9. The van der Waals surface area contributed by atoms with Crippen molar-refractivity contribution < 1.29 is 0 Å². The molecule has 18 heavy (non-hydrogen) atoms. The van der Waals surface area contributed by atoms with Crippen LogP contribution < -0.4 is 0 Å². The number of hydrogen-bond acceptors (Lipinski definition) is 0. The lowest BCUT2D eigenvalue weighted by Gasteiger charge is -2.25. The zero-order valence-corrected chi connectivity index (χ0v) is 13.7. The Balaban J connectivity index is 2.40. The predicted molar refractivity (Wildman–Crippen MR) is 83.5 cm³/mol. The number of rotatable bonds is 2. The number of aryl methyl sites for hydroxylation is 1. The monoisotopic (exact) mass is 308 g/mol. The Hall–Kier alpha value is -0.300. The second kappa shape index (κ2) is 5.36. The maximum Gasteiger partial charge on any atom is 0.0400 e. The minimum Gasteiger partial charge on any atom is -0.0839 e. The molecule has 0 bridgehead atoms. The third-order valence-corrected chi connectivity index (χ3v) is 5.53. The summed E-state index contributed by atoms with van der Waals surface area (Å²) in [5.74, 6) is 0.824. The first kappa shape index (κ1) is 14.1. The van der Waals surface area contributed by atoms with Crippen LogP contribution in [0.1, 0.15) is 68.5 Å². The number of halogens is 1. The molecule has 0 aliphatic heterocycles. The lowest BCUT2D eigenvalue weighted by atomic mass is 9.80. The van der Waals surface area contributed by atoms with E-state index in [1.54, 1.807) is 11.1 Å². The quantitative estimate of drug-likeness (QED) is 0.479. The van der Waals surface area contributed by atoms with Crippen molar-refractivity contribution in [3.8, 4) is 0 Å². The molecule has 0 saturated heterocycles. The van der Waals surface area contributed by atoms with E-state index in [9.17, 15) is 0 Å². The van der Waals surface area contributed by atoms with Gasteiger partial charge in [0.05, 0.1) is 0 Å². The second-order valence-corrected chi connectivity index (χ2v) is 7.60. The van der Waals surface area contributed by atoms with Crippen LogP contribution in [0.5, 0.6) is 0 Å². The molecule has 2 rings (SSSR count). The number of benzene rings is 1. The molecule has 2 unspecified atom stereocenters. The lowest BCUT2D eigenvalue weighted by molar-refractivity contribution is 0.503. The number of alkyl halides is 1. The van der Waals surface area contributed by atoms with Crippen molar-refractivity contribution in [3.05, 3.63) is 34.9 Å². The maximum atomic E-state index is 3.90. The first-order valence-corrected chi connectivity index (χ1v) is 8.13. The highest BCUT2D eigenvalue weighted by molar-refractivity contribution is 9.09. The van der Waals surface area contributed by atoms with Gasteiger partial charge >= 0.3 is 0 Å². The smallest absolute Gasteiger partial charge is 0.0400 e. The third-order valence-electron chi connectivity index (χ3n) is 4.66. The molecule has 2 atom stereocenters. The SMILES string of the molecule is CCC(C)(C)c1ccc2c(c1)C(Br)CC(C)CC2. The van der Waals surface area contributed by atoms with Gasteiger partial charge in [-0.2, -0.15) is 0 Å². The fourth-order valence-electron chi connectivity index (χ4n) is 2.74. The first-order valence-electron chi connectivity index (χ1n) is 7.21. The summed E-state index contributed by atoms with van der Waals surface area (Å²) in [6.07, 6.45) is 5.02. The molecule has 100 valence electrons. The Labute approximate surface area is 120 Å². The molecule has 0 nitrogen and oxygen atoms in total. The summed E-state index contributed by atoms with van der Waals surface area (Å²) in [5, 5.41) is 0. The van der Waals surface area contributed by atoms with Gasteiger partial charge in [0, 0.05) is 4.83 Å². The molecule has 0 radical (unpaired) electrons. The summed E-state index contributed by atoms with van der Waals surface area (Å²) in [6.45, 7) is 9.34. The molecule has 0 fully saturated rings. The van der Waals surface area contributed by atoms with Crippen molar-refractivity contribution in [2.75, 3.05) is 0 Å². The zero-order chi connectivity index (χ0) is 13.3. The van der Waals surface area contributed by atoms with Crippen molar-refractivity contribution in [2.45, 2.75) is 63.6 Å². The van der Waals surface area contributed by atoms with Crippen molar-refractivity contribution >= 4 is 15.9 Å². The molecule has 0 heterocycles. The Morgan fingerprint density at radius 1 is 1.33 bits per heavy atom. The number of fused-ring (bicyclic) bond motifs is 1. The van der Waals surface area contributed by atoms with Gasteiger partial charge in [0.25, 0.3) is 0 Å². The van der Waals surface area contributed by atoms with Crippen LogP contribution in [0.15, 0.2) is 18.2 Å². The van der Waals surface area contributed by atoms with Gasteiger partial charge in [0.15, 0.2) is 0 Å². The molecule has 0 spiro atoms. The molecule has 0 amide bonds. The second-order valence-electron chi connectivity index (χ2n) is 6.50. The summed E-state index contributed by atoms with van der Waals surface area (Å²) < 4.78 is 0. The molecule has 1 aromatic carbocycles. The van der Waals surface area contributed by atoms with Crippen molar-refractivity contribution in [1.82, 2.24) is 0 Å². The van der Waals surface area contributed by atoms with E-state index < -0.39 is 0 Å². The van der Waals surface area contributed by atoms with Crippen LogP contribution in [0.25, 0.3) is 0 Å². The molecule has 0 N–H and O–H groups in total. The van der Waals surface area contributed by atoms with E-state index in [1.165, 1.54) is 31.2 Å². The van der Waals surface area contributed by atoms with Crippen LogP contribution in [-0.4, -0.2) is 0 Å². The summed E-state index contributed by atoms with van der Waals surface area (Å²) >= 11 is 3.90. The Bertz CT molecular complexity index is 420. The van der Waals surface area contributed by atoms with Crippen LogP contribution in [0.4, 0.5) is 0 Å². The topological polar surface area (TPSA) is 0 Å². The van der Waals surface area contributed by atoms with Gasteiger partial charge in [-0.05, 0) is 53.7 Å². The Morgan fingerprint density at radius 3 is 2.72 bits per heavy atom. The van der Waals surface area contributed by atoms with Crippen LogP contribution in [-0.2, 0) is 11.8 Å². The largest absolute Gasteiger partial charge is 0.0839 e. The van der Waals surface area contributed by atoms with E-state index in [1.807, 2.05) is 0 Å². The van der Waals surface area contributed by atoms with E-state index >= 15 is 0 Å². The average molecular weight is 309 g/mol. The first-order chi connectivity index (χ1) is 8.44. The van der Waals surface area contributed by atoms with Gasteiger partial charge in [0.2, 0.25) is 0 Å². The Morgan fingerprint density at radius 2 is 2.06 bits per heavy atom. The van der Waals surface area contributed by atoms with Crippen LogP contribution >= 0.6 is 15.9 Å². The molecule has 0 saturated carbocycles. The number of hydrogen-bond donors (Lipinski definition) is 0. The summed E-state index contributed by atoms with van der Waals surface area (Å²) in [7, 11) is 0. The van der Waals surface area contributed by atoms with E-state index in [2.05, 4.69) is 61.8 Å². The lowest BCUT2D eigenvalue weighted by Crippen LogP contribution is -2.16. The highest BCUT2D eigenvalue weighted by Crippen LogP contribution is 2.39. The maximum absolute atomic E-state index is 3.90. The minimum atomic E-state index is 0.291. The van der Waals surface area contributed by atoms with Crippen LogP contribution in [0, 0.1) is 5.92 Å².